The van der Waals surface area contributed by atoms with E-state index < -0.39 is 12.1 Å². The lowest BCUT2D eigenvalue weighted by Crippen LogP contribution is -2.10. The molecule has 0 aromatic heterocycles. The predicted octanol–water partition coefficient (Wildman–Crippen LogP) is 5.45. The van der Waals surface area contributed by atoms with E-state index in [4.69, 9.17) is 10.2 Å². The van der Waals surface area contributed by atoms with Crippen molar-refractivity contribution in [2.24, 2.45) is 0 Å². The Morgan fingerprint density at radius 2 is 0.920 bits per heavy atom. The second kappa shape index (κ2) is 19.7. The van der Waals surface area contributed by atoms with Crippen LogP contribution in [-0.2, 0) is 4.79 Å². The van der Waals surface area contributed by atoms with Gasteiger partial charge in [-0.15, -0.1) is 0 Å². The van der Waals surface area contributed by atoms with Gasteiger partial charge in [0.1, 0.15) is 0 Å². The Kier molecular flexibility index (Phi) is 19.2. The zero-order chi connectivity index (χ0) is 18.6. The lowest BCUT2D eigenvalue weighted by molar-refractivity contribution is -0.137. The van der Waals surface area contributed by atoms with Gasteiger partial charge in [0.25, 0.3) is 0 Å². The Morgan fingerprint density at radius 3 is 1.24 bits per heavy atom. The molecule has 0 heterocycles. The molecule has 0 aliphatic rings. The van der Waals surface area contributed by atoms with Gasteiger partial charge in [-0.05, 0) is 12.8 Å². The van der Waals surface area contributed by atoms with E-state index in [0.29, 0.717) is 6.42 Å². The number of hydrogen-bond acceptors (Lipinski definition) is 3. The second-order valence-corrected chi connectivity index (χ2v) is 7.43. The van der Waals surface area contributed by atoms with Gasteiger partial charge in [-0.1, -0.05) is 96.3 Å². The van der Waals surface area contributed by atoms with E-state index >= 15 is 0 Å². The maximum atomic E-state index is 10.4. The van der Waals surface area contributed by atoms with E-state index in [1.165, 1.54) is 83.5 Å². The number of aliphatic hydroxyl groups is 2. The molecule has 0 saturated carbocycles. The van der Waals surface area contributed by atoms with E-state index in [9.17, 15) is 9.90 Å². The van der Waals surface area contributed by atoms with E-state index in [-0.39, 0.29) is 6.61 Å². The highest BCUT2D eigenvalue weighted by Crippen LogP contribution is 2.14. The average molecular weight is 359 g/mol. The molecule has 0 aliphatic carbocycles. The summed E-state index contributed by atoms with van der Waals surface area (Å²) in [6.07, 6.45) is 20.4. The van der Waals surface area contributed by atoms with Crippen LogP contribution < -0.4 is 0 Å². The van der Waals surface area contributed by atoms with Gasteiger partial charge in [0, 0.05) is 6.42 Å². The Balaban J connectivity index is 3.02. The first-order chi connectivity index (χ1) is 12.2. The Hall–Kier alpha value is -0.610. The highest BCUT2D eigenvalue weighted by atomic mass is 16.4. The van der Waals surface area contributed by atoms with Crippen LogP contribution in [0.4, 0.5) is 0 Å². The number of carboxylic acid groups (broad SMARTS) is 1. The van der Waals surface area contributed by atoms with Crippen LogP contribution in [0.1, 0.15) is 116 Å². The standard InChI is InChI=1S/C21H42O4/c22-19-20(23)17-15-13-11-9-7-5-3-1-2-4-6-8-10-12-14-16-18-21(24)25/h20,22-23H,1-19H2,(H,24,25). The van der Waals surface area contributed by atoms with Gasteiger partial charge >= 0.3 is 5.97 Å². The molecule has 0 aromatic rings. The summed E-state index contributed by atoms with van der Waals surface area (Å²) in [5.41, 5.74) is 0. The molecule has 0 spiro atoms. The smallest absolute Gasteiger partial charge is 0.303 e. The van der Waals surface area contributed by atoms with Crippen molar-refractivity contribution in [1.29, 1.82) is 0 Å². The molecule has 0 saturated heterocycles. The molecule has 0 aliphatic heterocycles. The van der Waals surface area contributed by atoms with Gasteiger partial charge in [-0.2, -0.15) is 0 Å². The van der Waals surface area contributed by atoms with Crippen LogP contribution in [0.5, 0.6) is 0 Å². The van der Waals surface area contributed by atoms with Crippen molar-refractivity contribution in [1.82, 2.24) is 0 Å². The van der Waals surface area contributed by atoms with Crippen LogP contribution in [0.3, 0.4) is 0 Å². The van der Waals surface area contributed by atoms with Gasteiger partial charge in [-0.25, -0.2) is 0 Å². The van der Waals surface area contributed by atoms with Crippen LogP contribution in [0, 0.1) is 0 Å². The number of carbonyl (C=O) groups is 1. The number of hydrogen-bond donors (Lipinski definition) is 3. The van der Waals surface area contributed by atoms with Crippen LogP contribution in [-0.4, -0.2) is 34.0 Å². The fourth-order valence-corrected chi connectivity index (χ4v) is 3.22. The highest BCUT2D eigenvalue weighted by Gasteiger charge is 2.00. The van der Waals surface area contributed by atoms with Crippen molar-refractivity contribution < 1.29 is 20.1 Å². The predicted molar refractivity (Wildman–Crippen MR) is 104 cm³/mol. The molecule has 0 radical (unpaired) electrons. The SMILES string of the molecule is O=C(O)CCCCCCCCCCCCCCCCCCC(O)CO. The minimum absolute atomic E-state index is 0.104. The highest BCUT2D eigenvalue weighted by molar-refractivity contribution is 5.66. The summed E-state index contributed by atoms with van der Waals surface area (Å²) in [6, 6.07) is 0. The maximum absolute atomic E-state index is 10.4. The minimum atomic E-state index is -0.669. The van der Waals surface area contributed by atoms with Gasteiger partial charge in [-0.3, -0.25) is 4.79 Å². The first-order valence-corrected chi connectivity index (χ1v) is 10.7. The van der Waals surface area contributed by atoms with E-state index in [2.05, 4.69) is 0 Å². The fraction of sp³-hybridized carbons (Fsp3) is 0.952. The topological polar surface area (TPSA) is 77.8 Å². The number of unbranched alkanes of at least 4 members (excludes halogenated alkanes) is 15. The molecule has 1 atom stereocenters. The molecule has 1 unspecified atom stereocenters. The number of aliphatic carboxylic acids is 1. The molecule has 0 rings (SSSR count). The minimum Gasteiger partial charge on any atom is -0.481 e. The van der Waals surface area contributed by atoms with Crippen molar-refractivity contribution in [3.63, 3.8) is 0 Å². The summed E-state index contributed by atoms with van der Waals surface area (Å²) in [5.74, 6) is -0.669. The molecule has 0 bridgehead atoms. The summed E-state index contributed by atoms with van der Waals surface area (Å²) in [6.45, 7) is -0.104. The molecular weight excluding hydrogens is 316 g/mol. The summed E-state index contributed by atoms with van der Waals surface area (Å²) in [4.78, 5) is 10.4. The molecule has 4 heteroatoms. The van der Waals surface area contributed by atoms with E-state index in [1.54, 1.807) is 0 Å². The molecule has 25 heavy (non-hydrogen) atoms. The Labute approximate surface area is 155 Å². The van der Waals surface area contributed by atoms with Crippen molar-refractivity contribution in [3.8, 4) is 0 Å². The third kappa shape index (κ3) is 21.3. The zero-order valence-corrected chi connectivity index (χ0v) is 16.3. The van der Waals surface area contributed by atoms with Gasteiger partial charge in [0.15, 0.2) is 0 Å². The molecular formula is C21H42O4. The molecule has 3 N–H and O–H groups in total. The molecule has 0 aromatic carbocycles. The third-order valence-electron chi connectivity index (χ3n) is 4.89. The normalized spacial score (nSPS) is 12.4. The Morgan fingerprint density at radius 1 is 0.600 bits per heavy atom. The lowest BCUT2D eigenvalue weighted by Gasteiger charge is -2.06. The maximum Gasteiger partial charge on any atom is 0.303 e. The molecule has 0 fully saturated rings. The van der Waals surface area contributed by atoms with Crippen molar-refractivity contribution >= 4 is 5.97 Å². The van der Waals surface area contributed by atoms with E-state index in [1.807, 2.05) is 0 Å². The Bertz CT molecular complexity index is 281. The number of carboxylic acids is 1. The second-order valence-electron chi connectivity index (χ2n) is 7.43. The van der Waals surface area contributed by atoms with Gasteiger partial charge in [0.2, 0.25) is 0 Å². The van der Waals surface area contributed by atoms with Gasteiger partial charge < -0.3 is 15.3 Å². The monoisotopic (exact) mass is 358 g/mol. The van der Waals surface area contributed by atoms with Crippen LogP contribution >= 0.6 is 0 Å². The van der Waals surface area contributed by atoms with Crippen molar-refractivity contribution in [2.75, 3.05) is 6.61 Å². The van der Waals surface area contributed by atoms with E-state index in [0.717, 1.165) is 25.7 Å². The average Bonchev–Trinajstić information content (AvgIpc) is 2.60. The molecule has 150 valence electrons. The first-order valence-electron chi connectivity index (χ1n) is 10.7. The number of rotatable bonds is 20. The van der Waals surface area contributed by atoms with Crippen molar-refractivity contribution in [3.05, 3.63) is 0 Å². The molecule has 4 nitrogen and oxygen atoms in total. The van der Waals surface area contributed by atoms with Crippen molar-refractivity contribution in [2.45, 2.75) is 122 Å². The summed E-state index contributed by atoms with van der Waals surface area (Å²) in [5, 5.41) is 26.5. The number of aliphatic hydroxyl groups excluding tert-OH is 2. The molecule has 0 amide bonds. The van der Waals surface area contributed by atoms with Crippen LogP contribution in [0.25, 0.3) is 0 Å². The fourth-order valence-electron chi connectivity index (χ4n) is 3.22. The zero-order valence-electron chi connectivity index (χ0n) is 16.3. The summed E-state index contributed by atoms with van der Waals surface area (Å²) < 4.78 is 0. The third-order valence-corrected chi connectivity index (χ3v) is 4.89. The van der Waals surface area contributed by atoms with Crippen LogP contribution in [0.2, 0.25) is 0 Å². The van der Waals surface area contributed by atoms with Gasteiger partial charge in [0.05, 0.1) is 12.7 Å². The summed E-state index contributed by atoms with van der Waals surface area (Å²) >= 11 is 0. The quantitative estimate of drug-likeness (QED) is 0.253. The summed E-state index contributed by atoms with van der Waals surface area (Å²) in [7, 11) is 0. The lowest BCUT2D eigenvalue weighted by atomic mass is 10.0. The largest absolute Gasteiger partial charge is 0.481 e. The van der Waals surface area contributed by atoms with Crippen LogP contribution in [0.15, 0.2) is 0 Å². The first kappa shape index (κ1) is 24.4.